The molecule has 0 amide bonds. The number of hydrogen-bond donors (Lipinski definition) is 0. The summed E-state index contributed by atoms with van der Waals surface area (Å²) in [6.45, 7) is 0.229. The van der Waals surface area contributed by atoms with E-state index in [1.54, 1.807) is 44.4 Å². The molecule has 0 radical (unpaired) electrons. The Morgan fingerprint density at radius 1 is 0.964 bits per heavy atom. The average Bonchev–Trinajstić information content (AvgIpc) is 2.73. The minimum atomic E-state index is 0. The van der Waals surface area contributed by atoms with E-state index in [-0.39, 0.29) is 29.3 Å². The number of carbonyl (C=O) groups is 1. The van der Waals surface area contributed by atoms with E-state index in [0.29, 0.717) is 22.8 Å². The lowest BCUT2D eigenvalue weighted by Crippen LogP contribution is -3.00. The Bertz CT molecular complexity index is 906. The summed E-state index contributed by atoms with van der Waals surface area (Å²) >= 11 is 0. The lowest BCUT2D eigenvalue weighted by atomic mass is 10.1. The smallest absolute Gasteiger partial charge is 0.287 e. The fourth-order valence-corrected chi connectivity index (χ4v) is 2.76. The van der Waals surface area contributed by atoms with Gasteiger partial charge in [-0.25, -0.2) is 4.57 Å². The van der Waals surface area contributed by atoms with E-state index in [1.807, 2.05) is 42.6 Å². The molecule has 0 fully saturated rings. The van der Waals surface area contributed by atoms with E-state index >= 15 is 0 Å². The van der Waals surface area contributed by atoms with E-state index < -0.39 is 0 Å². The van der Waals surface area contributed by atoms with Crippen LogP contribution in [0.3, 0.4) is 0 Å². The van der Waals surface area contributed by atoms with Gasteiger partial charge in [-0.15, -0.1) is 0 Å². The zero-order valence-corrected chi connectivity index (χ0v) is 17.5. The minimum Gasteiger partial charge on any atom is -1.00 e. The summed E-state index contributed by atoms with van der Waals surface area (Å²) < 4.78 is 17.9. The number of carbonyl (C=O) groups excluding carboxylic acids is 1. The van der Waals surface area contributed by atoms with Crippen molar-refractivity contribution in [3.05, 3.63) is 66.6 Å². The summed E-state index contributed by atoms with van der Waals surface area (Å²) in [5.41, 5.74) is 2.24. The largest absolute Gasteiger partial charge is 1.00 e. The fraction of sp³-hybridized carbons (Fsp3) is 0.190. The third-order valence-electron chi connectivity index (χ3n) is 4.15. The van der Waals surface area contributed by atoms with Crippen molar-refractivity contribution in [1.82, 2.24) is 4.98 Å². The molecule has 0 aliphatic heterocycles. The lowest BCUT2D eigenvalue weighted by molar-refractivity contribution is -0.686. The van der Waals surface area contributed by atoms with Crippen LogP contribution in [0, 0.1) is 0 Å². The summed E-state index contributed by atoms with van der Waals surface area (Å²) in [6, 6.07) is 14.7. The number of ketones is 1. The average molecular weight is 445 g/mol. The van der Waals surface area contributed by atoms with Crippen LogP contribution in [0.4, 0.5) is 0 Å². The Morgan fingerprint density at radius 3 is 2.11 bits per heavy atom. The Morgan fingerprint density at radius 2 is 1.61 bits per heavy atom. The highest BCUT2D eigenvalue weighted by atomic mass is 79.9. The molecule has 0 saturated carbocycles. The van der Waals surface area contributed by atoms with Crippen molar-refractivity contribution in [3.8, 4) is 28.5 Å². The predicted octanol–water partition coefficient (Wildman–Crippen LogP) is -0.0512. The van der Waals surface area contributed by atoms with E-state index in [0.717, 1.165) is 11.3 Å². The molecule has 0 N–H and O–H groups in total. The monoisotopic (exact) mass is 444 g/mol. The van der Waals surface area contributed by atoms with Gasteiger partial charge in [-0.3, -0.25) is 4.79 Å². The van der Waals surface area contributed by atoms with E-state index in [9.17, 15) is 4.79 Å². The first-order valence-electron chi connectivity index (χ1n) is 8.40. The first-order valence-corrected chi connectivity index (χ1v) is 8.40. The second-order valence-corrected chi connectivity index (χ2v) is 5.82. The summed E-state index contributed by atoms with van der Waals surface area (Å²) in [5.74, 6) is 1.68. The number of ether oxygens (including phenoxy) is 3. The molecule has 6 nitrogen and oxygen atoms in total. The zero-order valence-electron chi connectivity index (χ0n) is 15.9. The van der Waals surface area contributed by atoms with Crippen molar-refractivity contribution < 1.29 is 40.6 Å². The molecule has 1 aromatic heterocycles. The van der Waals surface area contributed by atoms with Gasteiger partial charge in [-0.1, -0.05) is 30.3 Å². The normalized spacial score (nSPS) is 9.96. The van der Waals surface area contributed by atoms with Crippen LogP contribution in [0.1, 0.15) is 10.4 Å². The third kappa shape index (κ3) is 4.67. The number of Topliss-reactive ketones (excluding diaryl/α,β-unsaturated/α-hetero) is 1. The van der Waals surface area contributed by atoms with Gasteiger partial charge in [0.15, 0.2) is 23.7 Å². The Balaban J connectivity index is 0.00000280. The van der Waals surface area contributed by atoms with Crippen molar-refractivity contribution in [3.63, 3.8) is 0 Å². The van der Waals surface area contributed by atoms with Crippen LogP contribution in [0.2, 0.25) is 0 Å². The van der Waals surface area contributed by atoms with Crippen LogP contribution in [-0.2, 0) is 6.54 Å². The number of aromatic nitrogens is 2. The third-order valence-corrected chi connectivity index (χ3v) is 4.15. The summed E-state index contributed by atoms with van der Waals surface area (Å²) in [7, 11) is 4.71. The molecule has 7 heteroatoms. The number of methoxy groups -OCH3 is 3. The van der Waals surface area contributed by atoms with Crippen LogP contribution in [0.5, 0.6) is 17.2 Å². The van der Waals surface area contributed by atoms with Gasteiger partial charge >= 0.3 is 0 Å². The van der Waals surface area contributed by atoms with E-state index in [2.05, 4.69) is 4.98 Å². The van der Waals surface area contributed by atoms with Crippen molar-refractivity contribution in [2.45, 2.75) is 6.54 Å². The predicted molar refractivity (Wildman–Crippen MR) is 100 cm³/mol. The van der Waals surface area contributed by atoms with Gasteiger partial charge in [0.05, 0.1) is 27.5 Å². The van der Waals surface area contributed by atoms with Crippen LogP contribution < -0.4 is 35.8 Å². The van der Waals surface area contributed by atoms with Crippen molar-refractivity contribution >= 4 is 5.78 Å². The highest BCUT2D eigenvalue weighted by molar-refractivity contribution is 5.94. The standard InChI is InChI=1S/C21H21N2O4.BrH/c1-25-19-11-16(12-20(26-2)21(19)27-3)17-9-10-23(14-22-17)13-18(24)15-7-5-4-6-8-15;/h4-12,14H,13H2,1-3H3;1H/q+1;/p-1. The highest BCUT2D eigenvalue weighted by Crippen LogP contribution is 2.40. The maximum absolute atomic E-state index is 12.3. The Labute approximate surface area is 174 Å². The molecular weight excluding hydrogens is 424 g/mol. The van der Waals surface area contributed by atoms with Gasteiger partial charge in [0.25, 0.3) is 6.33 Å². The molecule has 0 atom stereocenters. The molecule has 0 saturated heterocycles. The number of nitrogens with zero attached hydrogens (tertiary/aromatic N) is 2. The van der Waals surface area contributed by atoms with Gasteiger partial charge in [-0.05, 0) is 17.1 Å². The van der Waals surface area contributed by atoms with Crippen LogP contribution >= 0.6 is 0 Å². The van der Waals surface area contributed by atoms with Gasteiger partial charge in [0.1, 0.15) is 0 Å². The van der Waals surface area contributed by atoms with Crippen molar-refractivity contribution in [2.75, 3.05) is 21.3 Å². The molecule has 3 aromatic rings. The molecule has 0 bridgehead atoms. The van der Waals surface area contributed by atoms with Gasteiger partial charge in [0, 0.05) is 17.2 Å². The fourth-order valence-electron chi connectivity index (χ4n) is 2.76. The number of halogens is 1. The maximum Gasteiger partial charge on any atom is 0.287 e. The van der Waals surface area contributed by atoms with Crippen LogP contribution in [-0.4, -0.2) is 32.1 Å². The second kappa shape index (κ2) is 9.85. The number of benzene rings is 2. The summed E-state index contributed by atoms with van der Waals surface area (Å²) in [4.78, 5) is 16.8. The summed E-state index contributed by atoms with van der Waals surface area (Å²) in [5, 5.41) is 0. The number of hydrogen-bond acceptors (Lipinski definition) is 5. The van der Waals surface area contributed by atoms with Crippen molar-refractivity contribution in [1.29, 1.82) is 0 Å². The Hall–Kier alpha value is -2.93. The van der Waals surface area contributed by atoms with Gasteiger partial charge < -0.3 is 31.2 Å². The van der Waals surface area contributed by atoms with Gasteiger partial charge in [0.2, 0.25) is 11.5 Å². The SMILES string of the molecule is COc1cc(-c2cc[n+](CC(=O)c3ccccc3)cn2)cc(OC)c1OC.[Br-]. The molecular formula is C21H21BrN2O4. The van der Waals surface area contributed by atoms with Crippen LogP contribution in [0.15, 0.2) is 61.1 Å². The molecule has 146 valence electrons. The van der Waals surface area contributed by atoms with E-state index in [1.165, 1.54) is 0 Å². The molecule has 0 aliphatic rings. The minimum absolute atomic E-state index is 0. The molecule has 0 unspecified atom stereocenters. The molecule has 3 rings (SSSR count). The molecule has 2 aromatic carbocycles. The quantitative estimate of drug-likeness (QED) is 0.377. The number of rotatable bonds is 7. The molecule has 1 heterocycles. The summed E-state index contributed by atoms with van der Waals surface area (Å²) in [6.07, 6.45) is 3.46. The first kappa shape index (κ1) is 21.4. The highest BCUT2D eigenvalue weighted by Gasteiger charge is 2.17. The van der Waals surface area contributed by atoms with Crippen LogP contribution in [0.25, 0.3) is 11.3 Å². The maximum atomic E-state index is 12.3. The van der Waals surface area contributed by atoms with Gasteiger partial charge in [-0.2, -0.15) is 0 Å². The second-order valence-electron chi connectivity index (χ2n) is 5.82. The zero-order chi connectivity index (χ0) is 19.2. The van der Waals surface area contributed by atoms with E-state index in [4.69, 9.17) is 14.2 Å². The molecule has 0 aliphatic carbocycles. The van der Waals surface area contributed by atoms with Crippen molar-refractivity contribution in [2.24, 2.45) is 0 Å². The lowest BCUT2D eigenvalue weighted by Gasteiger charge is -2.13. The molecule has 28 heavy (non-hydrogen) atoms. The first-order chi connectivity index (χ1) is 13.2. The topological polar surface area (TPSA) is 61.5 Å². The molecule has 0 spiro atoms. The Kier molecular flexibility index (Phi) is 7.52.